The minimum absolute atomic E-state index is 0.231. The first-order chi connectivity index (χ1) is 13.1. The normalized spacial score (nSPS) is 10.7. The van der Waals surface area contributed by atoms with E-state index in [9.17, 15) is 4.79 Å². The third-order valence-electron chi connectivity index (χ3n) is 4.25. The number of tetrazole rings is 1. The van der Waals surface area contributed by atoms with E-state index in [4.69, 9.17) is 0 Å². The molecule has 0 unspecified atom stereocenters. The van der Waals surface area contributed by atoms with Crippen molar-refractivity contribution in [1.29, 1.82) is 0 Å². The SMILES string of the molecule is Cc1ccc(-c2csc(NC(=O)c3cccc(-n4cnnn4)c3)n2)cc1C. The number of rotatable bonds is 4. The van der Waals surface area contributed by atoms with Crippen LogP contribution in [-0.2, 0) is 0 Å². The highest BCUT2D eigenvalue weighted by Gasteiger charge is 2.11. The van der Waals surface area contributed by atoms with Crippen molar-refractivity contribution in [2.45, 2.75) is 13.8 Å². The molecule has 0 atom stereocenters. The molecule has 2 aromatic carbocycles. The molecule has 27 heavy (non-hydrogen) atoms. The molecule has 0 spiro atoms. The van der Waals surface area contributed by atoms with E-state index < -0.39 is 0 Å². The van der Waals surface area contributed by atoms with Crippen molar-refractivity contribution in [3.8, 4) is 16.9 Å². The van der Waals surface area contributed by atoms with Crippen LogP contribution in [0.2, 0.25) is 0 Å². The summed E-state index contributed by atoms with van der Waals surface area (Å²) in [6.45, 7) is 4.15. The predicted molar refractivity (Wildman–Crippen MR) is 104 cm³/mol. The van der Waals surface area contributed by atoms with Gasteiger partial charge in [-0.3, -0.25) is 10.1 Å². The zero-order valence-corrected chi connectivity index (χ0v) is 15.6. The maximum atomic E-state index is 12.6. The second kappa shape index (κ2) is 7.08. The molecule has 0 aliphatic carbocycles. The number of aromatic nitrogens is 5. The van der Waals surface area contributed by atoms with Crippen LogP contribution in [0.25, 0.3) is 16.9 Å². The number of nitrogens with one attached hydrogen (secondary N) is 1. The summed E-state index contributed by atoms with van der Waals surface area (Å²) in [6.07, 6.45) is 1.48. The third-order valence-corrected chi connectivity index (χ3v) is 5.01. The summed E-state index contributed by atoms with van der Waals surface area (Å²) in [5.74, 6) is -0.231. The van der Waals surface area contributed by atoms with Gasteiger partial charge in [0.15, 0.2) is 5.13 Å². The van der Waals surface area contributed by atoms with Gasteiger partial charge < -0.3 is 0 Å². The number of anilines is 1. The Labute approximate surface area is 159 Å². The fraction of sp³-hybridized carbons (Fsp3) is 0.105. The summed E-state index contributed by atoms with van der Waals surface area (Å²) >= 11 is 1.40. The van der Waals surface area contributed by atoms with Gasteiger partial charge in [0.05, 0.1) is 11.4 Å². The van der Waals surface area contributed by atoms with Gasteiger partial charge in [0.25, 0.3) is 5.91 Å². The van der Waals surface area contributed by atoms with E-state index in [-0.39, 0.29) is 5.91 Å². The van der Waals surface area contributed by atoms with E-state index in [0.717, 1.165) is 11.3 Å². The maximum absolute atomic E-state index is 12.6. The third kappa shape index (κ3) is 3.61. The van der Waals surface area contributed by atoms with E-state index in [0.29, 0.717) is 16.4 Å². The summed E-state index contributed by atoms with van der Waals surface area (Å²) in [5.41, 5.74) is 5.56. The molecule has 1 amide bonds. The van der Waals surface area contributed by atoms with Crippen LogP contribution in [0.3, 0.4) is 0 Å². The molecule has 0 saturated heterocycles. The van der Waals surface area contributed by atoms with Crippen LogP contribution in [0.5, 0.6) is 0 Å². The molecule has 1 N–H and O–H groups in total. The van der Waals surface area contributed by atoms with Gasteiger partial charge in [-0.1, -0.05) is 18.2 Å². The van der Waals surface area contributed by atoms with Gasteiger partial charge >= 0.3 is 0 Å². The van der Waals surface area contributed by atoms with E-state index in [1.54, 1.807) is 18.2 Å². The molecule has 134 valence electrons. The highest BCUT2D eigenvalue weighted by atomic mass is 32.1. The summed E-state index contributed by atoms with van der Waals surface area (Å²) in [5, 5.41) is 16.4. The Morgan fingerprint density at radius 2 is 2.00 bits per heavy atom. The van der Waals surface area contributed by atoms with Crippen molar-refractivity contribution >= 4 is 22.4 Å². The zero-order valence-electron chi connectivity index (χ0n) is 14.7. The Morgan fingerprint density at radius 3 is 2.78 bits per heavy atom. The summed E-state index contributed by atoms with van der Waals surface area (Å²) in [7, 11) is 0. The average molecular weight is 376 g/mol. The number of amides is 1. The van der Waals surface area contributed by atoms with Crippen molar-refractivity contribution in [3.05, 3.63) is 70.9 Å². The van der Waals surface area contributed by atoms with Gasteiger partial charge in [-0.2, -0.15) is 0 Å². The van der Waals surface area contributed by atoms with Gasteiger partial charge in [-0.05, 0) is 59.7 Å². The highest BCUT2D eigenvalue weighted by Crippen LogP contribution is 2.26. The lowest BCUT2D eigenvalue weighted by atomic mass is 10.1. The standard InChI is InChI=1S/C19H16N6OS/c1-12-6-7-14(8-13(12)2)17-10-27-19(21-17)22-18(26)15-4-3-5-16(9-15)25-11-20-23-24-25/h3-11H,1-2H3,(H,21,22,26). The Hall–Kier alpha value is -3.39. The van der Waals surface area contributed by atoms with Crippen LogP contribution in [0.4, 0.5) is 5.13 Å². The summed E-state index contributed by atoms with van der Waals surface area (Å²) in [4.78, 5) is 17.1. The molecule has 0 saturated carbocycles. The molecular weight excluding hydrogens is 360 g/mol. The van der Waals surface area contributed by atoms with Crippen molar-refractivity contribution in [1.82, 2.24) is 25.2 Å². The smallest absolute Gasteiger partial charge is 0.257 e. The first kappa shape index (κ1) is 17.0. The van der Waals surface area contributed by atoms with Crippen LogP contribution < -0.4 is 5.32 Å². The molecule has 0 fully saturated rings. The summed E-state index contributed by atoms with van der Waals surface area (Å²) in [6, 6.07) is 13.3. The lowest BCUT2D eigenvalue weighted by Crippen LogP contribution is -2.12. The van der Waals surface area contributed by atoms with Crippen LogP contribution in [0, 0.1) is 13.8 Å². The van der Waals surface area contributed by atoms with E-state index in [1.165, 1.54) is 33.5 Å². The molecule has 2 heterocycles. The van der Waals surface area contributed by atoms with E-state index >= 15 is 0 Å². The first-order valence-electron chi connectivity index (χ1n) is 8.28. The number of aryl methyl sites for hydroxylation is 2. The Morgan fingerprint density at radius 1 is 1.11 bits per heavy atom. The number of hydrogen-bond acceptors (Lipinski definition) is 6. The largest absolute Gasteiger partial charge is 0.298 e. The molecule has 8 heteroatoms. The first-order valence-corrected chi connectivity index (χ1v) is 9.16. The van der Waals surface area contributed by atoms with E-state index in [2.05, 4.69) is 51.8 Å². The number of hydrogen-bond donors (Lipinski definition) is 1. The molecule has 0 radical (unpaired) electrons. The molecule has 7 nitrogen and oxygen atoms in total. The number of benzene rings is 2. The molecule has 4 rings (SSSR count). The average Bonchev–Trinajstić information content (AvgIpc) is 3.36. The number of nitrogens with zero attached hydrogens (tertiary/aromatic N) is 5. The zero-order chi connectivity index (χ0) is 18.8. The minimum Gasteiger partial charge on any atom is -0.298 e. The second-order valence-corrected chi connectivity index (χ2v) is 6.95. The quantitative estimate of drug-likeness (QED) is 0.587. The van der Waals surface area contributed by atoms with Crippen molar-refractivity contribution in [2.24, 2.45) is 0 Å². The molecule has 0 aliphatic rings. The van der Waals surface area contributed by atoms with Crippen LogP contribution >= 0.6 is 11.3 Å². The molecule has 4 aromatic rings. The van der Waals surface area contributed by atoms with Crippen molar-refractivity contribution in [2.75, 3.05) is 5.32 Å². The lowest BCUT2D eigenvalue weighted by Gasteiger charge is -2.05. The van der Waals surface area contributed by atoms with Gasteiger partial charge in [0, 0.05) is 16.5 Å². The Balaban J connectivity index is 1.53. The molecule has 2 aromatic heterocycles. The second-order valence-electron chi connectivity index (χ2n) is 6.10. The molecule has 0 bridgehead atoms. The van der Waals surface area contributed by atoms with Gasteiger partial charge in [-0.25, -0.2) is 9.67 Å². The van der Waals surface area contributed by atoms with Crippen LogP contribution in [0.1, 0.15) is 21.5 Å². The number of carbonyl (C=O) groups excluding carboxylic acids is 1. The Kier molecular flexibility index (Phi) is 4.47. The van der Waals surface area contributed by atoms with Gasteiger partial charge in [-0.15, -0.1) is 16.4 Å². The fourth-order valence-corrected chi connectivity index (χ4v) is 3.32. The molecule has 0 aliphatic heterocycles. The number of carbonyl (C=O) groups is 1. The topological polar surface area (TPSA) is 85.6 Å². The minimum atomic E-state index is -0.231. The Bertz CT molecular complexity index is 1100. The monoisotopic (exact) mass is 376 g/mol. The molecular formula is C19H16N6OS. The fourth-order valence-electron chi connectivity index (χ4n) is 2.60. The van der Waals surface area contributed by atoms with Gasteiger partial charge in [0.2, 0.25) is 0 Å². The van der Waals surface area contributed by atoms with Gasteiger partial charge in [0.1, 0.15) is 6.33 Å². The predicted octanol–water partition coefficient (Wildman–Crippen LogP) is 3.65. The van der Waals surface area contributed by atoms with Crippen LogP contribution in [-0.4, -0.2) is 31.1 Å². The lowest BCUT2D eigenvalue weighted by molar-refractivity contribution is 0.102. The maximum Gasteiger partial charge on any atom is 0.257 e. The summed E-state index contributed by atoms with van der Waals surface area (Å²) < 4.78 is 1.50. The van der Waals surface area contributed by atoms with Crippen LogP contribution in [0.15, 0.2) is 54.2 Å². The highest BCUT2D eigenvalue weighted by molar-refractivity contribution is 7.14. The van der Waals surface area contributed by atoms with E-state index in [1.807, 2.05) is 17.5 Å². The van der Waals surface area contributed by atoms with Crippen molar-refractivity contribution < 1.29 is 4.79 Å². The van der Waals surface area contributed by atoms with Crippen molar-refractivity contribution in [3.63, 3.8) is 0 Å². The number of thiazole rings is 1.